The summed E-state index contributed by atoms with van der Waals surface area (Å²) in [6.45, 7) is 4.31. The fourth-order valence-electron chi connectivity index (χ4n) is 5.86. The van der Waals surface area contributed by atoms with Crippen molar-refractivity contribution >= 4 is 40.2 Å². The predicted octanol–water partition coefficient (Wildman–Crippen LogP) is 6.33. The minimum Gasteiger partial charge on any atom is -0.465 e. The molecule has 1 amide bonds. The number of carbonyl (C=O) groups is 2. The van der Waals surface area contributed by atoms with E-state index in [4.69, 9.17) is 9.72 Å². The number of fused-ring (bicyclic) bond motifs is 2. The van der Waals surface area contributed by atoms with Gasteiger partial charge in [0.1, 0.15) is 0 Å². The molecule has 44 heavy (non-hydrogen) atoms. The third-order valence-electron chi connectivity index (χ3n) is 8.16. The van der Waals surface area contributed by atoms with Gasteiger partial charge in [-0.05, 0) is 54.3 Å². The normalized spacial score (nSPS) is 12.5. The predicted molar refractivity (Wildman–Crippen MR) is 169 cm³/mol. The Hall–Kier alpha value is -5.77. The van der Waals surface area contributed by atoms with Gasteiger partial charge in [-0.3, -0.25) is 9.48 Å². The highest BCUT2D eigenvalue weighted by atomic mass is 16.5. The number of aromatic amines is 1. The van der Waals surface area contributed by atoms with Crippen LogP contribution in [0.15, 0.2) is 79.1 Å². The summed E-state index contributed by atoms with van der Waals surface area (Å²) in [4.78, 5) is 40.9. The Kier molecular flexibility index (Phi) is 6.46. The molecule has 10 heteroatoms. The van der Waals surface area contributed by atoms with Crippen molar-refractivity contribution in [3.8, 4) is 22.4 Å². The zero-order chi connectivity index (χ0) is 30.5. The molecule has 0 bridgehead atoms. The quantitative estimate of drug-likeness (QED) is 0.220. The summed E-state index contributed by atoms with van der Waals surface area (Å²) in [5, 5.41) is 8.59. The lowest BCUT2D eigenvalue weighted by Gasteiger charge is -2.17. The van der Waals surface area contributed by atoms with Crippen molar-refractivity contribution in [1.29, 1.82) is 0 Å². The highest BCUT2D eigenvalue weighted by molar-refractivity contribution is 6.15. The van der Waals surface area contributed by atoms with Gasteiger partial charge in [0.05, 0.1) is 36.1 Å². The average Bonchev–Trinajstić information content (AvgIpc) is 3.72. The van der Waals surface area contributed by atoms with E-state index in [1.807, 2.05) is 81.7 Å². The van der Waals surface area contributed by atoms with Gasteiger partial charge in [0.2, 0.25) is 5.95 Å². The molecule has 0 atom stereocenters. The standard InChI is InChI=1S/C34H29N7O3/c1-19-16-36-34(37-29-15-20(2)40(3)39-29)38-30(19)26-17-35-31-23(26)12-8-14-28(31)41-18-27-22(11-7-13-24(27)32(41)42)21-9-5-6-10-25(21)33(43)44-4/h5-17,35H,18H2,1-4H3,(H,36,37,38,39). The first-order valence-electron chi connectivity index (χ1n) is 14.2. The SMILES string of the molecule is COC(=O)c1ccccc1-c1cccc2c1CN(c1cccc3c(-c4nc(Nc5cc(C)n(C)n5)ncc4C)c[nH]c13)C2=O. The number of methoxy groups -OCH3 is 1. The van der Waals surface area contributed by atoms with E-state index in [1.54, 1.807) is 27.9 Å². The van der Waals surface area contributed by atoms with Crippen LogP contribution in [-0.2, 0) is 18.3 Å². The van der Waals surface area contributed by atoms with Crippen molar-refractivity contribution in [2.45, 2.75) is 20.4 Å². The van der Waals surface area contributed by atoms with Crippen molar-refractivity contribution in [3.63, 3.8) is 0 Å². The Bertz CT molecular complexity index is 2090. The van der Waals surface area contributed by atoms with Crippen LogP contribution < -0.4 is 10.2 Å². The van der Waals surface area contributed by atoms with E-state index in [0.717, 1.165) is 55.8 Å². The number of anilines is 3. The fraction of sp³-hybridized carbons (Fsp3) is 0.147. The zero-order valence-corrected chi connectivity index (χ0v) is 24.7. The maximum Gasteiger partial charge on any atom is 0.338 e. The third-order valence-corrected chi connectivity index (χ3v) is 8.16. The molecule has 1 aliphatic heterocycles. The Balaban J connectivity index is 1.26. The van der Waals surface area contributed by atoms with E-state index in [2.05, 4.69) is 20.4 Å². The van der Waals surface area contributed by atoms with Crippen molar-refractivity contribution < 1.29 is 14.3 Å². The van der Waals surface area contributed by atoms with E-state index < -0.39 is 5.97 Å². The Morgan fingerprint density at radius 1 is 0.977 bits per heavy atom. The fourth-order valence-corrected chi connectivity index (χ4v) is 5.86. The molecule has 0 saturated heterocycles. The molecule has 2 N–H and O–H groups in total. The van der Waals surface area contributed by atoms with Crippen molar-refractivity contribution in [3.05, 3.63) is 107 Å². The maximum absolute atomic E-state index is 13.9. The number of aryl methyl sites for hydroxylation is 3. The third kappa shape index (κ3) is 4.39. The van der Waals surface area contributed by atoms with E-state index >= 15 is 0 Å². The minimum absolute atomic E-state index is 0.101. The highest BCUT2D eigenvalue weighted by Gasteiger charge is 2.33. The Labute approximate surface area is 253 Å². The number of carbonyl (C=O) groups excluding carboxylic acids is 2. The number of nitrogens with one attached hydrogen (secondary N) is 2. The number of amides is 1. The largest absolute Gasteiger partial charge is 0.465 e. The molecule has 1 aliphatic rings. The summed E-state index contributed by atoms with van der Waals surface area (Å²) >= 11 is 0. The Morgan fingerprint density at radius 3 is 2.55 bits per heavy atom. The van der Waals surface area contributed by atoms with E-state index in [1.165, 1.54) is 7.11 Å². The molecule has 0 unspecified atom stereocenters. The summed E-state index contributed by atoms with van der Waals surface area (Å²) in [5.41, 5.74) is 8.69. The maximum atomic E-state index is 13.9. The van der Waals surface area contributed by atoms with Crippen LogP contribution in [0.4, 0.5) is 17.5 Å². The van der Waals surface area contributed by atoms with Crippen LogP contribution in [0.3, 0.4) is 0 Å². The van der Waals surface area contributed by atoms with Crippen LogP contribution in [0.25, 0.3) is 33.3 Å². The van der Waals surface area contributed by atoms with Gasteiger partial charge in [-0.1, -0.05) is 42.5 Å². The molecule has 0 fully saturated rings. The summed E-state index contributed by atoms with van der Waals surface area (Å²) in [6.07, 6.45) is 3.71. The first-order chi connectivity index (χ1) is 21.3. The van der Waals surface area contributed by atoms with Crippen molar-refractivity contribution in [2.24, 2.45) is 7.05 Å². The van der Waals surface area contributed by atoms with Crippen LogP contribution in [0.2, 0.25) is 0 Å². The number of nitrogens with zero attached hydrogens (tertiary/aromatic N) is 5. The molecule has 3 aromatic carbocycles. The second kappa shape index (κ2) is 10.5. The number of H-pyrrole nitrogens is 1. The monoisotopic (exact) mass is 583 g/mol. The first-order valence-corrected chi connectivity index (χ1v) is 14.2. The second-order valence-corrected chi connectivity index (χ2v) is 10.8. The van der Waals surface area contributed by atoms with Gasteiger partial charge in [0.25, 0.3) is 5.91 Å². The number of benzene rings is 3. The molecule has 0 saturated carbocycles. The number of rotatable bonds is 6. The summed E-state index contributed by atoms with van der Waals surface area (Å²) in [7, 11) is 3.25. The molecule has 6 aromatic rings. The van der Waals surface area contributed by atoms with Gasteiger partial charge in [0, 0.05) is 47.7 Å². The van der Waals surface area contributed by atoms with Gasteiger partial charge in [-0.25, -0.2) is 14.8 Å². The molecule has 218 valence electrons. The molecule has 3 aromatic heterocycles. The number of para-hydroxylation sites is 1. The Morgan fingerprint density at radius 2 is 1.75 bits per heavy atom. The molecule has 10 nitrogen and oxygen atoms in total. The van der Waals surface area contributed by atoms with Crippen LogP contribution in [0.5, 0.6) is 0 Å². The van der Waals surface area contributed by atoms with E-state index in [9.17, 15) is 9.59 Å². The minimum atomic E-state index is -0.420. The zero-order valence-electron chi connectivity index (χ0n) is 24.7. The molecular weight excluding hydrogens is 554 g/mol. The average molecular weight is 584 g/mol. The van der Waals surface area contributed by atoms with Crippen LogP contribution in [0.1, 0.15) is 37.5 Å². The van der Waals surface area contributed by atoms with E-state index in [0.29, 0.717) is 29.4 Å². The molecule has 4 heterocycles. The number of aromatic nitrogens is 5. The number of hydrogen-bond donors (Lipinski definition) is 2. The molecular formula is C34H29N7O3. The van der Waals surface area contributed by atoms with Gasteiger partial charge in [-0.15, -0.1) is 0 Å². The number of esters is 1. The van der Waals surface area contributed by atoms with Gasteiger partial charge in [0.15, 0.2) is 5.82 Å². The van der Waals surface area contributed by atoms with E-state index in [-0.39, 0.29) is 5.91 Å². The smallest absolute Gasteiger partial charge is 0.338 e. The van der Waals surface area contributed by atoms with Gasteiger partial charge in [-0.2, -0.15) is 5.10 Å². The summed E-state index contributed by atoms with van der Waals surface area (Å²) in [5.74, 6) is 0.592. The number of hydrogen-bond acceptors (Lipinski definition) is 7. The van der Waals surface area contributed by atoms with Crippen molar-refractivity contribution in [2.75, 3.05) is 17.3 Å². The van der Waals surface area contributed by atoms with Crippen LogP contribution in [-0.4, -0.2) is 43.7 Å². The molecule has 0 radical (unpaired) electrons. The molecule has 7 rings (SSSR count). The molecule has 0 aliphatic carbocycles. The number of ether oxygens (including phenoxy) is 1. The van der Waals surface area contributed by atoms with Crippen molar-refractivity contribution in [1.82, 2.24) is 24.7 Å². The summed E-state index contributed by atoms with van der Waals surface area (Å²) < 4.78 is 6.82. The topological polar surface area (TPSA) is 118 Å². The molecule has 0 spiro atoms. The second-order valence-electron chi connectivity index (χ2n) is 10.8. The van der Waals surface area contributed by atoms with Gasteiger partial charge < -0.3 is 19.9 Å². The summed E-state index contributed by atoms with van der Waals surface area (Å²) in [6, 6.07) is 20.8. The van der Waals surface area contributed by atoms with Crippen LogP contribution in [0, 0.1) is 13.8 Å². The van der Waals surface area contributed by atoms with Gasteiger partial charge >= 0.3 is 5.97 Å². The van der Waals surface area contributed by atoms with Crippen LogP contribution >= 0.6 is 0 Å². The lowest BCUT2D eigenvalue weighted by molar-refractivity contribution is 0.0601. The highest BCUT2D eigenvalue weighted by Crippen LogP contribution is 2.40. The first kappa shape index (κ1) is 27.1. The lowest BCUT2D eigenvalue weighted by atomic mass is 9.93. The lowest BCUT2D eigenvalue weighted by Crippen LogP contribution is -2.23.